The first-order valence-electron chi connectivity index (χ1n) is 14.8. The van der Waals surface area contributed by atoms with Gasteiger partial charge in [-0.1, -0.05) is 78.9 Å². The Bertz CT molecular complexity index is 2440. The van der Waals surface area contributed by atoms with Gasteiger partial charge in [0.1, 0.15) is 0 Å². The summed E-state index contributed by atoms with van der Waals surface area (Å²) in [5, 5.41) is 4.43. The number of aromatic nitrogens is 1. The monoisotopic (exact) mass is 568 g/mol. The minimum absolute atomic E-state index is 0.0948. The maximum atomic E-state index is 13.6. The van der Waals surface area contributed by atoms with Crippen LogP contribution in [0.5, 0.6) is 0 Å². The summed E-state index contributed by atoms with van der Waals surface area (Å²) in [5.74, 6) is 0.0948. The van der Waals surface area contributed by atoms with Crippen LogP contribution < -0.4 is 16.0 Å². The lowest BCUT2D eigenvalue weighted by molar-refractivity contribution is 0.102. The van der Waals surface area contributed by atoms with Crippen LogP contribution in [-0.4, -0.2) is 16.2 Å². The SMILES string of the molecule is O=C1C2=CCC=CC2N(c2ccc(-c3cc4c5ccccc5c(=O)n5c(=O)c6ccccc6c(c3)c45)cc2)c2ccccc21. The van der Waals surface area contributed by atoms with E-state index in [0.717, 1.165) is 56.0 Å². The quantitative estimate of drug-likeness (QED) is 0.121. The van der Waals surface area contributed by atoms with E-state index in [2.05, 4.69) is 53.5 Å². The van der Waals surface area contributed by atoms with Gasteiger partial charge in [-0.15, -0.1) is 0 Å². The van der Waals surface area contributed by atoms with Crippen LogP contribution in [0.3, 0.4) is 0 Å². The summed E-state index contributed by atoms with van der Waals surface area (Å²) < 4.78 is 1.35. The number of nitrogens with zero attached hydrogens (tertiary/aromatic N) is 2. The molecule has 0 saturated carbocycles. The van der Waals surface area contributed by atoms with Crippen LogP contribution >= 0.6 is 0 Å². The van der Waals surface area contributed by atoms with Crippen LogP contribution in [-0.2, 0) is 0 Å². The van der Waals surface area contributed by atoms with Crippen LogP contribution in [0.2, 0.25) is 0 Å². The number of para-hydroxylation sites is 1. The first kappa shape index (κ1) is 24.8. The molecule has 1 unspecified atom stereocenters. The number of hydrogen-bond donors (Lipinski definition) is 0. The number of rotatable bonds is 2. The average molecular weight is 569 g/mol. The predicted molar refractivity (Wildman–Crippen MR) is 178 cm³/mol. The molecule has 208 valence electrons. The molecule has 2 aromatic heterocycles. The smallest absolute Gasteiger partial charge is 0.266 e. The normalized spacial score (nSPS) is 16.1. The fourth-order valence-corrected chi connectivity index (χ4v) is 7.17. The van der Waals surface area contributed by atoms with Gasteiger partial charge in [0.2, 0.25) is 0 Å². The molecule has 1 aliphatic heterocycles. The lowest BCUT2D eigenvalue weighted by atomic mass is 9.86. The van der Waals surface area contributed by atoms with Crippen molar-refractivity contribution in [3.8, 4) is 11.1 Å². The first-order chi connectivity index (χ1) is 21.6. The van der Waals surface area contributed by atoms with E-state index in [9.17, 15) is 14.4 Å². The number of benzene rings is 5. The van der Waals surface area contributed by atoms with E-state index in [0.29, 0.717) is 21.9 Å². The van der Waals surface area contributed by atoms with Crippen molar-refractivity contribution in [1.82, 2.24) is 4.40 Å². The molecule has 0 N–H and O–H groups in total. The molecule has 5 heteroatoms. The van der Waals surface area contributed by atoms with Gasteiger partial charge in [0.25, 0.3) is 11.1 Å². The van der Waals surface area contributed by atoms with Gasteiger partial charge in [-0.25, -0.2) is 4.40 Å². The average Bonchev–Trinajstić information content (AvgIpc) is 3.08. The second kappa shape index (κ2) is 9.09. The van der Waals surface area contributed by atoms with Crippen molar-refractivity contribution in [1.29, 1.82) is 0 Å². The summed E-state index contributed by atoms with van der Waals surface area (Å²) in [5.41, 5.74) is 5.49. The highest BCUT2D eigenvalue weighted by Crippen LogP contribution is 2.42. The zero-order valence-corrected chi connectivity index (χ0v) is 23.5. The van der Waals surface area contributed by atoms with Crippen molar-refractivity contribution in [2.75, 3.05) is 4.90 Å². The molecule has 1 atom stereocenters. The van der Waals surface area contributed by atoms with Gasteiger partial charge in [-0.3, -0.25) is 14.4 Å². The molecule has 0 saturated heterocycles. The largest absolute Gasteiger partial charge is 0.330 e. The fourth-order valence-electron chi connectivity index (χ4n) is 7.17. The van der Waals surface area contributed by atoms with Crippen molar-refractivity contribution in [3.05, 3.63) is 159 Å². The number of carbonyl (C=O) groups is 1. The number of hydrogen-bond acceptors (Lipinski definition) is 4. The summed E-state index contributed by atoms with van der Waals surface area (Å²) in [7, 11) is 0. The Morgan fingerprint density at radius 2 is 1.18 bits per heavy atom. The molecule has 44 heavy (non-hydrogen) atoms. The minimum Gasteiger partial charge on any atom is -0.330 e. The summed E-state index contributed by atoms with van der Waals surface area (Å²) >= 11 is 0. The van der Waals surface area contributed by atoms with Crippen LogP contribution in [0.1, 0.15) is 16.8 Å². The maximum absolute atomic E-state index is 13.6. The summed E-state index contributed by atoms with van der Waals surface area (Å²) in [4.78, 5) is 42.8. The number of allylic oxidation sites excluding steroid dienone is 2. The van der Waals surface area contributed by atoms with Crippen LogP contribution in [0.25, 0.3) is 49.0 Å². The molecule has 2 aliphatic rings. The third kappa shape index (κ3) is 3.32. The maximum Gasteiger partial charge on any atom is 0.266 e. The third-order valence-corrected chi connectivity index (χ3v) is 9.17. The summed E-state index contributed by atoms with van der Waals surface area (Å²) in [6, 6.07) is 35.3. The van der Waals surface area contributed by atoms with Gasteiger partial charge < -0.3 is 4.90 Å². The Morgan fingerprint density at radius 3 is 1.84 bits per heavy atom. The van der Waals surface area contributed by atoms with Gasteiger partial charge in [-0.2, -0.15) is 0 Å². The number of pyridine rings is 2. The number of fused-ring (bicyclic) bond motifs is 6. The van der Waals surface area contributed by atoms with E-state index in [-0.39, 0.29) is 22.9 Å². The fraction of sp³-hybridized carbons (Fsp3) is 0.0513. The van der Waals surface area contributed by atoms with Crippen molar-refractivity contribution in [3.63, 3.8) is 0 Å². The van der Waals surface area contributed by atoms with E-state index < -0.39 is 0 Å². The molecule has 1 aliphatic carbocycles. The van der Waals surface area contributed by atoms with Crippen LogP contribution in [0.15, 0.2) is 143 Å². The molecular formula is C39H24N2O3. The molecule has 9 rings (SSSR count). The van der Waals surface area contributed by atoms with E-state index in [1.54, 1.807) is 12.1 Å². The summed E-state index contributed by atoms with van der Waals surface area (Å²) in [6.07, 6.45) is 7.03. The highest BCUT2D eigenvalue weighted by atomic mass is 16.2. The Morgan fingerprint density at radius 1 is 0.591 bits per heavy atom. The van der Waals surface area contributed by atoms with E-state index in [1.807, 2.05) is 66.7 Å². The first-order valence-corrected chi connectivity index (χ1v) is 14.8. The zero-order valence-electron chi connectivity index (χ0n) is 23.5. The van der Waals surface area contributed by atoms with Crippen molar-refractivity contribution >= 4 is 55.0 Å². The topological polar surface area (TPSA) is 58.9 Å². The zero-order chi connectivity index (χ0) is 29.5. The number of carbonyl (C=O) groups excluding carboxylic acids is 1. The molecule has 5 nitrogen and oxygen atoms in total. The Kier molecular flexibility index (Phi) is 5.12. The summed E-state index contributed by atoms with van der Waals surface area (Å²) in [6.45, 7) is 0. The van der Waals surface area contributed by atoms with Gasteiger partial charge in [0.05, 0.1) is 17.2 Å². The highest BCUT2D eigenvalue weighted by Gasteiger charge is 2.35. The van der Waals surface area contributed by atoms with Crippen molar-refractivity contribution in [2.45, 2.75) is 12.5 Å². The van der Waals surface area contributed by atoms with Crippen LogP contribution in [0.4, 0.5) is 11.4 Å². The second-order valence-electron chi connectivity index (χ2n) is 11.5. The molecular weight excluding hydrogens is 544 g/mol. The lowest BCUT2D eigenvalue weighted by Crippen LogP contribution is -2.40. The van der Waals surface area contributed by atoms with Crippen molar-refractivity contribution < 1.29 is 4.79 Å². The Labute approximate surface area is 251 Å². The van der Waals surface area contributed by atoms with Crippen molar-refractivity contribution in [2.24, 2.45) is 0 Å². The number of anilines is 2. The Balaban J connectivity index is 1.27. The molecule has 5 aromatic carbocycles. The molecule has 0 spiro atoms. The molecule has 0 bridgehead atoms. The van der Waals surface area contributed by atoms with E-state index >= 15 is 0 Å². The number of Topliss-reactive ketones (excluding diaryl/α,β-unsaturated/α-hetero) is 1. The van der Waals surface area contributed by atoms with E-state index in [1.165, 1.54) is 4.40 Å². The Hall–Kier alpha value is -5.81. The van der Waals surface area contributed by atoms with Gasteiger partial charge >= 0.3 is 0 Å². The minimum atomic E-state index is -0.295. The lowest BCUT2D eigenvalue weighted by Gasteiger charge is -2.39. The molecule has 0 amide bonds. The van der Waals surface area contributed by atoms with Gasteiger partial charge in [0.15, 0.2) is 5.78 Å². The predicted octanol–water partition coefficient (Wildman–Crippen LogP) is 7.81. The molecule has 7 aromatic rings. The second-order valence-corrected chi connectivity index (χ2v) is 11.5. The third-order valence-electron chi connectivity index (χ3n) is 9.17. The van der Waals surface area contributed by atoms with Gasteiger partial charge in [-0.05, 0) is 76.9 Å². The molecule has 3 heterocycles. The van der Waals surface area contributed by atoms with Gasteiger partial charge in [0, 0.05) is 38.4 Å². The number of ketones is 1. The highest BCUT2D eigenvalue weighted by molar-refractivity contribution is 6.19. The standard InChI is InChI=1S/C39H24N2O3/c42-37-30-13-5-7-15-34(30)40(35-16-8-6-14-31(35)37)25-19-17-23(18-20-25)24-21-32-26-9-1-3-11-28(26)38(43)41-36(32)33(22-24)27-10-2-4-12-29(27)39(41)44/h1-5,7-22,35H,6H2. The van der Waals surface area contributed by atoms with Crippen LogP contribution in [0, 0.1) is 0 Å². The van der Waals surface area contributed by atoms with E-state index in [4.69, 9.17) is 0 Å². The molecule has 0 fully saturated rings. The molecule has 0 radical (unpaired) electrons.